The molecule has 1 saturated carbocycles. The van der Waals surface area contributed by atoms with E-state index < -0.39 is 5.97 Å². The number of carboxylic acids is 1. The van der Waals surface area contributed by atoms with Gasteiger partial charge in [-0.05, 0) is 36.8 Å². The van der Waals surface area contributed by atoms with E-state index in [1.165, 1.54) is 31.2 Å². The third-order valence-corrected chi connectivity index (χ3v) is 3.85. The average Bonchev–Trinajstić information content (AvgIpc) is 3.24. The first-order valence-corrected chi connectivity index (χ1v) is 7.25. The molecule has 0 bridgehead atoms. The molecule has 0 aromatic carbocycles. The van der Waals surface area contributed by atoms with Gasteiger partial charge >= 0.3 is 12.0 Å². The summed E-state index contributed by atoms with van der Waals surface area (Å²) in [5.74, 6) is -1.00. The molecule has 0 spiro atoms. The standard InChI is InChI=1S/C15H21N3O3/c1-2-4-15(5-6-15)10-18-14(21)17-9-12-8-11(13(19)20)3-7-16-12/h3,7-8H,2,4-6,9-10H2,1H3,(H,19,20)(H2,17,18,21). The molecule has 0 unspecified atom stereocenters. The molecule has 6 heteroatoms. The van der Waals surface area contributed by atoms with E-state index in [2.05, 4.69) is 22.5 Å². The van der Waals surface area contributed by atoms with Crippen molar-refractivity contribution >= 4 is 12.0 Å². The number of aromatic nitrogens is 1. The molecule has 114 valence electrons. The van der Waals surface area contributed by atoms with E-state index in [1.807, 2.05) is 0 Å². The third kappa shape index (κ3) is 4.44. The van der Waals surface area contributed by atoms with Gasteiger partial charge in [-0.3, -0.25) is 4.98 Å². The summed E-state index contributed by atoms with van der Waals surface area (Å²) in [6, 6.07) is 2.65. The van der Waals surface area contributed by atoms with Gasteiger partial charge in [0.1, 0.15) is 0 Å². The Morgan fingerprint density at radius 3 is 2.76 bits per heavy atom. The number of nitrogens with zero attached hydrogens (tertiary/aromatic N) is 1. The molecule has 2 rings (SSSR count). The number of carbonyl (C=O) groups is 2. The molecule has 0 aliphatic heterocycles. The van der Waals surface area contributed by atoms with Crippen LogP contribution in [0.4, 0.5) is 4.79 Å². The first kappa shape index (κ1) is 15.3. The Morgan fingerprint density at radius 2 is 2.14 bits per heavy atom. The first-order valence-electron chi connectivity index (χ1n) is 7.25. The van der Waals surface area contributed by atoms with Crippen LogP contribution in [0, 0.1) is 5.41 Å². The van der Waals surface area contributed by atoms with Crippen molar-refractivity contribution in [1.82, 2.24) is 15.6 Å². The van der Waals surface area contributed by atoms with Crippen molar-refractivity contribution in [2.24, 2.45) is 5.41 Å². The number of nitrogens with one attached hydrogen (secondary N) is 2. The minimum Gasteiger partial charge on any atom is -0.478 e. The van der Waals surface area contributed by atoms with Crippen molar-refractivity contribution in [2.45, 2.75) is 39.2 Å². The highest BCUT2D eigenvalue weighted by atomic mass is 16.4. The molecule has 6 nitrogen and oxygen atoms in total. The molecule has 1 aromatic rings. The fourth-order valence-corrected chi connectivity index (χ4v) is 2.43. The van der Waals surface area contributed by atoms with E-state index in [-0.39, 0.29) is 18.1 Å². The Labute approximate surface area is 124 Å². The average molecular weight is 291 g/mol. The van der Waals surface area contributed by atoms with Gasteiger partial charge in [-0.1, -0.05) is 13.3 Å². The summed E-state index contributed by atoms with van der Waals surface area (Å²) in [4.78, 5) is 26.6. The van der Waals surface area contributed by atoms with Gasteiger partial charge in [0.15, 0.2) is 0 Å². The topological polar surface area (TPSA) is 91.3 Å². The quantitative estimate of drug-likeness (QED) is 0.718. The number of aromatic carboxylic acids is 1. The second-order valence-electron chi connectivity index (χ2n) is 5.63. The summed E-state index contributed by atoms with van der Waals surface area (Å²) in [6.45, 7) is 3.07. The van der Waals surface area contributed by atoms with Gasteiger partial charge in [-0.15, -0.1) is 0 Å². The van der Waals surface area contributed by atoms with Gasteiger partial charge in [0.05, 0.1) is 17.8 Å². The maximum Gasteiger partial charge on any atom is 0.335 e. The molecule has 0 radical (unpaired) electrons. The highest BCUT2D eigenvalue weighted by Crippen LogP contribution is 2.48. The van der Waals surface area contributed by atoms with E-state index in [9.17, 15) is 9.59 Å². The SMILES string of the molecule is CCCC1(CNC(=O)NCc2cc(C(=O)O)ccn2)CC1. The van der Waals surface area contributed by atoms with Crippen LogP contribution in [0.3, 0.4) is 0 Å². The summed E-state index contributed by atoms with van der Waals surface area (Å²) in [5.41, 5.74) is 1.01. The number of carboxylic acid groups (broad SMARTS) is 1. The molecule has 1 fully saturated rings. The van der Waals surface area contributed by atoms with E-state index >= 15 is 0 Å². The number of pyridine rings is 1. The molecule has 1 aliphatic carbocycles. The summed E-state index contributed by atoms with van der Waals surface area (Å²) < 4.78 is 0. The predicted molar refractivity (Wildman–Crippen MR) is 78.0 cm³/mol. The third-order valence-electron chi connectivity index (χ3n) is 3.85. The van der Waals surface area contributed by atoms with Gasteiger partial charge in [0.2, 0.25) is 0 Å². The van der Waals surface area contributed by atoms with Crippen molar-refractivity contribution < 1.29 is 14.7 Å². The van der Waals surface area contributed by atoms with E-state index in [0.29, 0.717) is 17.7 Å². The monoisotopic (exact) mass is 291 g/mol. The van der Waals surface area contributed by atoms with Crippen LogP contribution in [0.2, 0.25) is 0 Å². The van der Waals surface area contributed by atoms with E-state index in [4.69, 9.17) is 5.11 Å². The summed E-state index contributed by atoms with van der Waals surface area (Å²) in [5, 5.41) is 14.5. The van der Waals surface area contributed by atoms with Gasteiger partial charge < -0.3 is 15.7 Å². The van der Waals surface area contributed by atoms with Crippen molar-refractivity contribution in [3.63, 3.8) is 0 Å². The van der Waals surface area contributed by atoms with Crippen molar-refractivity contribution in [3.8, 4) is 0 Å². The molecule has 2 amide bonds. The van der Waals surface area contributed by atoms with Crippen molar-refractivity contribution in [1.29, 1.82) is 0 Å². The minimum absolute atomic E-state index is 0.169. The van der Waals surface area contributed by atoms with Crippen LogP contribution < -0.4 is 10.6 Å². The number of hydrogen-bond donors (Lipinski definition) is 3. The Kier molecular flexibility index (Phi) is 4.77. The van der Waals surface area contributed by atoms with Crippen LogP contribution in [0.5, 0.6) is 0 Å². The van der Waals surface area contributed by atoms with Crippen LogP contribution >= 0.6 is 0 Å². The molecular formula is C15H21N3O3. The first-order chi connectivity index (χ1) is 10.0. The Bertz CT molecular complexity index is 527. The van der Waals surface area contributed by atoms with Crippen LogP contribution in [-0.4, -0.2) is 28.6 Å². The molecule has 3 N–H and O–H groups in total. The highest BCUT2D eigenvalue weighted by molar-refractivity contribution is 5.87. The van der Waals surface area contributed by atoms with Crippen LogP contribution in [0.25, 0.3) is 0 Å². The zero-order chi connectivity index (χ0) is 15.3. The number of amides is 2. The second-order valence-corrected chi connectivity index (χ2v) is 5.63. The predicted octanol–water partition coefficient (Wildman–Crippen LogP) is 2.16. The maximum absolute atomic E-state index is 11.7. The molecule has 1 heterocycles. The van der Waals surface area contributed by atoms with Crippen LogP contribution in [0.15, 0.2) is 18.3 Å². The summed E-state index contributed by atoms with van der Waals surface area (Å²) >= 11 is 0. The fourth-order valence-electron chi connectivity index (χ4n) is 2.43. The minimum atomic E-state index is -1.00. The molecule has 0 saturated heterocycles. The Hall–Kier alpha value is -2.11. The van der Waals surface area contributed by atoms with Crippen molar-refractivity contribution in [3.05, 3.63) is 29.6 Å². The zero-order valence-corrected chi connectivity index (χ0v) is 12.2. The lowest BCUT2D eigenvalue weighted by molar-refractivity contribution is 0.0696. The number of rotatable bonds is 7. The molecular weight excluding hydrogens is 270 g/mol. The molecule has 1 aliphatic rings. The van der Waals surface area contributed by atoms with E-state index in [1.54, 1.807) is 0 Å². The van der Waals surface area contributed by atoms with Gasteiger partial charge in [0.25, 0.3) is 0 Å². The van der Waals surface area contributed by atoms with E-state index in [0.717, 1.165) is 12.8 Å². The Morgan fingerprint density at radius 1 is 1.38 bits per heavy atom. The number of carbonyl (C=O) groups excluding carboxylic acids is 1. The van der Waals surface area contributed by atoms with Crippen LogP contribution in [0.1, 0.15) is 48.7 Å². The number of hydrogen-bond acceptors (Lipinski definition) is 3. The van der Waals surface area contributed by atoms with Gasteiger partial charge in [0, 0.05) is 12.7 Å². The molecule has 1 aromatic heterocycles. The van der Waals surface area contributed by atoms with Crippen molar-refractivity contribution in [2.75, 3.05) is 6.54 Å². The Balaban J connectivity index is 1.76. The molecule has 21 heavy (non-hydrogen) atoms. The number of urea groups is 1. The summed E-state index contributed by atoms with van der Waals surface area (Å²) in [6.07, 6.45) is 6.08. The highest BCUT2D eigenvalue weighted by Gasteiger charge is 2.41. The molecule has 0 atom stereocenters. The fraction of sp³-hybridized carbons (Fsp3) is 0.533. The second kappa shape index (κ2) is 6.56. The lowest BCUT2D eigenvalue weighted by Crippen LogP contribution is -2.38. The zero-order valence-electron chi connectivity index (χ0n) is 12.2. The summed E-state index contributed by atoms with van der Waals surface area (Å²) in [7, 11) is 0. The lowest BCUT2D eigenvalue weighted by atomic mass is 10.0. The van der Waals surface area contributed by atoms with Gasteiger partial charge in [-0.2, -0.15) is 0 Å². The normalized spacial score (nSPS) is 15.3. The smallest absolute Gasteiger partial charge is 0.335 e. The largest absolute Gasteiger partial charge is 0.478 e. The van der Waals surface area contributed by atoms with Gasteiger partial charge in [-0.25, -0.2) is 9.59 Å². The van der Waals surface area contributed by atoms with Crippen LogP contribution in [-0.2, 0) is 6.54 Å². The maximum atomic E-state index is 11.7. The lowest BCUT2D eigenvalue weighted by Gasteiger charge is -2.15.